The molecule has 0 aromatic heterocycles. The Morgan fingerprint density at radius 2 is 1.59 bits per heavy atom. The van der Waals surface area contributed by atoms with Crippen molar-refractivity contribution in [1.82, 2.24) is 0 Å². The molecule has 3 aliphatic rings. The van der Waals surface area contributed by atoms with E-state index in [-0.39, 0.29) is 16.8 Å². The van der Waals surface area contributed by atoms with Crippen molar-refractivity contribution in [2.24, 2.45) is 17.8 Å². The second kappa shape index (κ2) is 10.2. The summed E-state index contributed by atoms with van der Waals surface area (Å²) in [7, 11) is -3.83. The van der Waals surface area contributed by atoms with Gasteiger partial charge in [-0.05, 0) is 109 Å². The van der Waals surface area contributed by atoms with Crippen LogP contribution in [0.15, 0.2) is 102 Å². The molecule has 208 valence electrons. The lowest BCUT2D eigenvalue weighted by molar-refractivity contribution is 0.102. The molecule has 0 unspecified atom stereocenters. The van der Waals surface area contributed by atoms with E-state index in [9.17, 15) is 13.2 Å². The third kappa shape index (κ3) is 4.77. The van der Waals surface area contributed by atoms with E-state index in [4.69, 9.17) is 11.6 Å². The van der Waals surface area contributed by atoms with E-state index in [0.717, 1.165) is 5.69 Å². The zero-order valence-electron chi connectivity index (χ0n) is 22.3. The second-order valence-corrected chi connectivity index (χ2v) is 13.4. The number of fused-ring (bicyclic) bond motifs is 7. The molecule has 1 heterocycles. The summed E-state index contributed by atoms with van der Waals surface area (Å²) in [6.07, 6.45) is 3.80. The lowest BCUT2D eigenvalue weighted by Crippen LogP contribution is -2.35. The van der Waals surface area contributed by atoms with Crippen LogP contribution < -0.4 is 15.4 Å². The van der Waals surface area contributed by atoms with Crippen molar-refractivity contribution in [3.05, 3.63) is 119 Å². The number of rotatable bonds is 6. The molecule has 0 saturated heterocycles. The van der Waals surface area contributed by atoms with E-state index in [1.165, 1.54) is 42.5 Å². The first kappa shape index (κ1) is 26.1. The highest BCUT2D eigenvalue weighted by atomic mass is 35.5. The Bertz CT molecular complexity index is 1730. The molecule has 2 bridgehead atoms. The van der Waals surface area contributed by atoms with Crippen LogP contribution >= 0.6 is 11.6 Å². The summed E-state index contributed by atoms with van der Waals surface area (Å²) < 4.78 is 28.2. The topological polar surface area (TPSA) is 87.3 Å². The molecule has 6 nitrogen and oxygen atoms in total. The monoisotopic (exact) mass is 583 g/mol. The van der Waals surface area contributed by atoms with E-state index in [0.29, 0.717) is 45.6 Å². The van der Waals surface area contributed by atoms with Crippen LogP contribution in [0.25, 0.3) is 0 Å². The molecule has 2 fully saturated rings. The van der Waals surface area contributed by atoms with E-state index in [2.05, 4.69) is 51.8 Å². The highest BCUT2D eigenvalue weighted by Gasteiger charge is 2.53. The van der Waals surface area contributed by atoms with Crippen molar-refractivity contribution >= 4 is 44.6 Å². The molecule has 2 saturated carbocycles. The van der Waals surface area contributed by atoms with Gasteiger partial charge in [0.2, 0.25) is 0 Å². The van der Waals surface area contributed by atoms with Gasteiger partial charge in [-0.25, -0.2) is 8.42 Å². The van der Waals surface area contributed by atoms with Gasteiger partial charge in [0.25, 0.3) is 15.9 Å². The maximum absolute atomic E-state index is 13.3. The van der Waals surface area contributed by atoms with Crippen molar-refractivity contribution in [3.8, 4) is 0 Å². The molecule has 41 heavy (non-hydrogen) atoms. The smallest absolute Gasteiger partial charge is 0.261 e. The van der Waals surface area contributed by atoms with Crippen LogP contribution in [0.2, 0.25) is 5.02 Å². The van der Waals surface area contributed by atoms with Crippen LogP contribution in [0.4, 0.5) is 17.1 Å². The number of carbonyl (C=O) groups is 1. The number of halogens is 1. The summed E-state index contributed by atoms with van der Waals surface area (Å²) in [5.41, 5.74) is 5.11. The van der Waals surface area contributed by atoms with Crippen LogP contribution in [-0.4, -0.2) is 14.3 Å². The lowest BCUT2D eigenvalue weighted by atomic mass is 9.68. The molecular weight excluding hydrogens is 554 g/mol. The van der Waals surface area contributed by atoms with Gasteiger partial charge in [-0.3, -0.25) is 9.52 Å². The quantitative estimate of drug-likeness (QED) is 0.217. The predicted molar refractivity (Wildman–Crippen MR) is 163 cm³/mol. The van der Waals surface area contributed by atoms with Crippen LogP contribution in [0, 0.1) is 17.8 Å². The number of para-hydroxylation sites is 1. The zero-order chi connectivity index (χ0) is 28.1. The standard InChI is InChI=1S/C33H30ClN3O3S/c34-27-8-4-5-9-29(27)37-41(39,40)25-15-13-24(14-16-25)35-33(38)23-12-17-28-26(19-23)30-21-10-11-22(18-21)31(30)32(36-28)20-6-2-1-3-7-20/h1-9,12-17,19,21-22,30-32,36-37H,10-11,18H2,(H,35,38)/t21-,22-,30-,31-,32-/m0/s1. The maximum Gasteiger partial charge on any atom is 0.261 e. The lowest BCUT2D eigenvalue weighted by Gasteiger charge is -2.43. The summed E-state index contributed by atoms with van der Waals surface area (Å²) in [5, 5.41) is 7.07. The van der Waals surface area contributed by atoms with Gasteiger partial charge in [0.1, 0.15) is 0 Å². The molecule has 0 spiro atoms. The van der Waals surface area contributed by atoms with Gasteiger partial charge < -0.3 is 10.6 Å². The summed E-state index contributed by atoms with van der Waals surface area (Å²) in [5.74, 6) is 2.11. The first-order valence-corrected chi connectivity index (χ1v) is 15.9. The Kier molecular flexibility index (Phi) is 6.51. The van der Waals surface area contributed by atoms with Gasteiger partial charge in [0.15, 0.2) is 0 Å². The normalized spacial score (nSPS) is 24.2. The Hall–Kier alpha value is -3.81. The number of nitrogens with one attached hydrogen (secondary N) is 3. The van der Waals surface area contributed by atoms with Gasteiger partial charge in [-0.2, -0.15) is 0 Å². The number of hydrogen-bond acceptors (Lipinski definition) is 4. The molecule has 1 aliphatic heterocycles. The molecule has 4 aromatic rings. The van der Waals surface area contributed by atoms with Gasteiger partial charge in [0, 0.05) is 16.9 Å². The number of anilines is 3. The van der Waals surface area contributed by atoms with E-state index in [1.54, 1.807) is 36.4 Å². The van der Waals surface area contributed by atoms with E-state index < -0.39 is 10.0 Å². The first-order chi connectivity index (χ1) is 19.9. The summed E-state index contributed by atoms with van der Waals surface area (Å²) in [4.78, 5) is 13.4. The average Bonchev–Trinajstić information content (AvgIpc) is 3.62. The Balaban J connectivity index is 1.10. The number of carbonyl (C=O) groups excluding carboxylic acids is 1. The van der Waals surface area contributed by atoms with Crippen LogP contribution in [-0.2, 0) is 10.0 Å². The minimum absolute atomic E-state index is 0.0746. The molecule has 0 radical (unpaired) electrons. The molecular formula is C33H30ClN3O3S. The molecule has 7 rings (SSSR count). The highest BCUT2D eigenvalue weighted by molar-refractivity contribution is 7.92. The van der Waals surface area contributed by atoms with E-state index in [1.807, 2.05) is 12.1 Å². The summed E-state index contributed by atoms with van der Waals surface area (Å²) >= 11 is 6.11. The van der Waals surface area contributed by atoms with Crippen molar-refractivity contribution in [2.75, 3.05) is 15.4 Å². The number of benzene rings is 4. The van der Waals surface area contributed by atoms with Gasteiger partial charge in [-0.15, -0.1) is 0 Å². The fraction of sp³-hybridized carbons (Fsp3) is 0.242. The average molecular weight is 584 g/mol. The van der Waals surface area contributed by atoms with Crippen molar-refractivity contribution in [1.29, 1.82) is 0 Å². The molecule has 2 aliphatic carbocycles. The third-order valence-corrected chi connectivity index (χ3v) is 10.8. The molecule has 3 N–H and O–H groups in total. The van der Waals surface area contributed by atoms with Crippen molar-refractivity contribution in [3.63, 3.8) is 0 Å². The number of amides is 1. The van der Waals surface area contributed by atoms with Crippen LogP contribution in [0.3, 0.4) is 0 Å². The SMILES string of the molecule is O=C(Nc1ccc(S(=O)(=O)Nc2ccccc2Cl)cc1)c1ccc2c(c1)[C@@H]1[C@H]3CC[C@@H](C3)[C@@H]1[C@H](c1ccccc1)N2. The van der Waals surface area contributed by atoms with Gasteiger partial charge >= 0.3 is 0 Å². The Morgan fingerprint density at radius 3 is 2.37 bits per heavy atom. The third-order valence-electron chi connectivity index (χ3n) is 9.05. The molecule has 5 atom stereocenters. The minimum atomic E-state index is -3.83. The molecule has 8 heteroatoms. The van der Waals surface area contributed by atoms with Crippen LogP contribution in [0.1, 0.15) is 52.7 Å². The fourth-order valence-corrected chi connectivity index (χ4v) is 8.60. The Labute approximate surface area is 245 Å². The van der Waals surface area contributed by atoms with E-state index >= 15 is 0 Å². The largest absolute Gasteiger partial charge is 0.378 e. The van der Waals surface area contributed by atoms with Crippen LogP contribution in [0.5, 0.6) is 0 Å². The minimum Gasteiger partial charge on any atom is -0.378 e. The zero-order valence-corrected chi connectivity index (χ0v) is 23.8. The maximum atomic E-state index is 13.3. The van der Waals surface area contributed by atoms with Crippen molar-refractivity contribution < 1.29 is 13.2 Å². The first-order valence-electron chi connectivity index (χ1n) is 14.0. The summed E-state index contributed by atoms with van der Waals surface area (Å²) in [6, 6.07) is 29.7. The van der Waals surface area contributed by atoms with Gasteiger partial charge in [0.05, 0.1) is 21.6 Å². The molecule has 1 amide bonds. The number of sulfonamides is 1. The molecule has 4 aromatic carbocycles. The predicted octanol–water partition coefficient (Wildman–Crippen LogP) is 7.69. The highest BCUT2D eigenvalue weighted by Crippen LogP contribution is 2.63. The van der Waals surface area contributed by atoms with Crippen molar-refractivity contribution in [2.45, 2.75) is 36.1 Å². The Morgan fingerprint density at radius 1 is 0.854 bits per heavy atom. The number of hydrogen-bond donors (Lipinski definition) is 3. The summed E-state index contributed by atoms with van der Waals surface area (Å²) in [6.45, 7) is 0. The second-order valence-electron chi connectivity index (χ2n) is 11.3. The van der Waals surface area contributed by atoms with Gasteiger partial charge in [-0.1, -0.05) is 54.1 Å². The fourth-order valence-electron chi connectivity index (χ4n) is 7.29.